The molecule has 0 unspecified atom stereocenters. The Balaban J connectivity index is 2.05. The SMILES string of the molecule is CCCn1cnnc1C1CCC(N)CC1. The number of hydrogen-bond donors (Lipinski definition) is 1. The van der Waals surface area contributed by atoms with Gasteiger partial charge in [-0.15, -0.1) is 10.2 Å². The van der Waals surface area contributed by atoms with Gasteiger partial charge in [0.25, 0.3) is 0 Å². The van der Waals surface area contributed by atoms with E-state index in [4.69, 9.17) is 5.73 Å². The lowest BCUT2D eigenvalue weighted by molar-refractivity contribution is 0.375. The zero-order valence-corrected chi connectivity index (χ0v) is 9.39. The molecule has 1 fully saturated rings. The third-order valence-electron chi connectivity index (χ3n) is 3.25. The first-order valence-electron chi connectivity index (χ1n) is 5.94. The Hall–Kier alpha value is -0.900. The molecule has 1 aromatic heterocycles. The van der Waals surface area contributed by atoms with Gasteiger partial charge in [0.15, 0.2) is 0 Å². The normalized spacial score (nSPS) is 26.8. The second-order valence-electron chi connectivity index (χ2n) is 4.49. The quantitative estimate of drug-likeness (QED) is 0.822. The standard InChI is InChI=1S/C11H20N4/c1-2-7-15-8-13-14-11(15)9-3-5-10(12)6-4-9/h8-10H,2-7,12H2,1H3. The minimum Gasteiger partial charge on any atom is -0.328 e. The summed E-state index contributed by atoms with van der Waals surface area (Å²) in [5, 5.41) is 8.27. The Morgan fingerprint density at radius 1 is 1.40 bits per heavy atom. The van der Waals surface area contributed by atoms with Crippen LogP contribution in [0.1, 0.15) is 50.8 Å². The summed E-state index contributed by atoms with van der Waals surface area (Å²) in [6.07, 6.45) is 7.59. The van der Waals surface area contributed by atoms with Crippen molar-refractivity contribution < 1.29 is 0 Å². The van der Waals surface area contributed by atoms with Gasteiger partial charge in [-0.25, -0.2) is 0 Å². The fourth-order valence-electron chi connectivity index (χ4n) is 2.37. The molecular weight excluding hydrogens is 188 g/mol. The highest BCUT2D eigenvalue weighted by atomic mass is 15.3. The molecule has 0 bridgehead atoms. The van der Waals surface area contributed by atoms with Crippen LogP contribution in [0.2, 0.25) is 0 Å². The largest absolute Gasteiger partial charge is 0.328 e. The van der Waals surface area contributed by atoms with Crippen LogP contribution in [0.5, 0.6) is 0 Å². The molecule has 0 atom stereocenters. The molecular formula is C11H20N4. The molecule has 0 radical (unpaired) electrons. The first-order chi connectivity index (χ1) is 7.31. The minimum absolute atomic E-state index is 0.406. The van der Waals surface area contributed by atoms with Crippen LogP contribution >= 0.6 is 0 Å². The summed E-state index contributed by atoms with van der Waals surface area (Å²) in [6.45, 7) is 3.21. The Bertz CT molecular complexity index is 299. The second kappa shape index (κ2) is 4.75. The van der Waals surface area contributed by atoms with Crippen molar-refractivity contribution in [1.82, 2.24) is 14.8 Å². The summed E-state index contributed by atoms with van der Waals surface area (Å²) >= 11 is 0. The number of rotatable bonds is 3. The average Bonchev–Trinajstić information content (AvgIpc) is 2.68. The van der Waals surface area contributed by atoms with E-state index in [1.807, 2.05) is 6.33 Å². The number of hydrogen-bond acceptors (Lipinski definition) is 3. The van der Waals surface area contributed by atoms with Crippen LogP contribution in [-0.2, 0) is 6.54 Å². The second-order valence-corrected chi connectivity index (χ2v) is 4.49. The predicted octanol–water partition coefficient (Wildman–Crippen LogP) is 1.67. The summed E-state index contributed by atoms with van der Waals surface area (Å²) < 4.78 is 2.20. The van der Waals surface area contributed by atoms with Crippen molar-refractivity contribution in [1.29, 1.82) is 0 Å². The van der Waals surface area contributed by atoms with Crippen molar-refractivity contribution in [3.8, 4) is 0 Å². The lowest BCUT2D eigenvalue weighted by Crippen LogP contribution is -2.26. The highest BCUT2D eigenvalue weighted by molar-refractivity contribution is 4.99. The van der Waals surface area contributed by atoms with Gasteiger partial charge in [-0.1, -0.05) is 6.92 Å². The van der Waals surface area contributed by atoms with Crippen molar-refractivity contribution in [2.24, 2.45) is 5.73 Å². The molecule has 4 heteroatoms. The molecule has 84 valence electrons. The van der Waals surface area contributed by atoms with Crippen LogP contribution in [0.3, 0.4) is 0 Å². The predicted molar refractivity (Wildman–Crippen MR) is 59.5 cm³/mol. The molecule has 0 aromatic carbocycles. The van der Waals surface area contributed by atoms with Crippen molar-refractivity contribution in [3.63, 3.8) is 0 Å². The van der Waals surface area contributed by atoms with Gasteiger partial charge in [0, 0.05) is 18.5 Å². The number of nitrogens with two attached hydrogens (primary N) is 1. The van der Waals surface area contributed by atoms with E-state index in [9.17, 15) is 0 Å². The van der Waals surface area contributed by atoms with E-state index in [2.05, 4.69) is 21.7 Å². The van der Waals surface area contributed by atoms with Crippen LogP contribution < -0.4 is 5.73 Å². The third kappa shape index (κ3) is 2.37. The molecule has 0 aliphatic heterocycles. The monoisotopic (exact) mass is 208 g/mol. The van der Waals surface area contributed by atoms with Crippen molar-refractivity contribution >= 4 is 0 Å². The Kier molecular flexibility index (Phi) is 3.36. The lowest BCUT2D eigenvalue weighted by atomic mass is 9.86. The van der Waals surface area contributed by atoms with E-state index in [-0.39, 0.29) is 0 Å². The summed E-state index contributed by atoms with van der Waals surface area (Å²) in [5.74, 6) is 1.75. The molecule has 1 heterocycles. The minimum atomic E-state index is 0.406. The molecule has 1 aliphatic carbocycles. The highest BCUT2D eigenvalue weighted by Crippen LogP contribution is 2.30. The number of aryl methyl sites for hydroxylation is 1. The highest BCUT2D eigenvalue weighted by Gasteiger charge is 2.23. The van der Waals surface area contributed by atoms with Gasteiger partial charge in [-0.2, -0.15) is 0 Å². The Morgan fingerprint density at radius 3 is 2.80 bits per heavy atom. The zero-order chi connectivity index (χ0) is 10.7. The molecule has 2 N–H and O–H groups in total. The Morgan fingerprint density at radius 2 is 2.13 bits per heavy atom. The molecule has 2 rings (SSSR count). The van der Waals surface area contributed by atoms with Crippen LogP contribution in [0, 0.1) is 0 Å². The zero-order valence-electron chi connectivity index (χ0n) is 9.39. The summed E-state index contributed by atoms with van der Waals surface area (Å²) in [7, 11) is 0. The van der Waals surface area contributed by atoms with E-state index < -0.39 is 0 Å². The number of aromatic nitrogens is 3. The Labute approximate surface area is 90.9 Å². The maximum Gasteiger partial charge on any atom is 0.135 e. The summed E-state index contributed by atoms with van der Waals surface area (Å²) in [4.78, 5) is 0. The fraction of sp³-hybridized carbons (Fsp3) is 0.818. The van der Waals surface area contributed by atoms with Crippen LogP contribution in [0.4, 0.5) is 0 Å². The maximum absolute atomic E-state index is 5.90. The smallest absolute Gasteiger partial charge is 0.135 e. The van der Waals surface area contributed by atoms with Crippen LogP contribution in [-0.4, -0.2) is 20.8 Å². The van der Waals surface area contributed by atoms with Crippen molar-refractivity contribution in [2.45, 2.75) is 57.5 Å². The van der Waals surface area contributed by atoms with Gasteiger partial charge in [-0.3, -0.25) is 0 Å². The van der Waals surface area contributed by atoms with E-state index in [0.29, 0.717) is 12.0 Å². The van der Waals surface area contributed by atoms with E-state index in [0.717, 1.165) is 25.8 Å². The molecule has 15 heavy (non-hydrogen) atoms. The van der Waals surface area contributed by atoms with Crippen LogP contribution in [0.25, 0.3) is 0 Å². The molecule has 0 amide bonds. The lowest BCUT2D eigenvalue weighted by Gasteiger charge is -2.25. The van der Waals surface area contributed by atoms with Gasteiger partial charge in [-0.05, 0) is 32.1 Å². The summed E-state index contributed by atoms with van der Waals surface area (Å²) in [6, 6.07) is 0.406. The van der Waals surface area contributed by atoms with Gasteiger partial charge >= 0.3 is 0 Å². The molecule has 1 aromatic rings. The maximum atomic E-state index is 5.90. The first-order valence-corrected chi connectivity index (χ1v) is 5.94. The first kappa shape index (κ1) is 10.6. The molecule has 1 saturated carbocycles. The number of nitrogens with zero attached hydrogens (tertiary/aromatic N) is 3. The van der Waals surface area contributed by atoms with Crippen molar-refractivity contribution in [2.75, 3.05) is 0 Å². The van der Waals surface area contributed by atoms with Gasteiger partial charge in [0.2, 0.25) is 0 Å². The van der Waals surface area contributed by atoms with E-state index in [1.165, 1.54) is 18.7 Å². The van der Waals surface area contributed by atoms with Crippen LogP contribution in [0.15, 0.2) is 6.33 Å². The summed E-state index contributed by atoms with van der Waals surface area (Å²) in [5.41, 5.74) is 5.90. The van der Waals surface area contributed by atoms with Gasteiger partial charge < -0.3 is 10.3 Å². The van der Waals surface area contributed by atoms with Gasteiger partial charge in [0.05, 0.1) is 0 Å². The topological polar surface area (TPSA) is 56.7 Å². The van der Waals surface area contributed by atoms with Crippen molar-refractivity contribution in [3.05, 3.63) is 12.2 Å². The van der Waals surface area contributed by atoms with Gasteiger partial charge in [0.1, 0.15) is 12.2 Å². The average molecular weight is 208 g/mol. The third-order valence-corrected chi connectivity index (χ3v) is 3.25. The molecule has 4 nitrogen and oxygen atoms in total. The van der Waals surface area contributed by atoms with E-state index in [1.54, 1.807) is 0 Å². The molecule has 1 aliphatic rings. The molecule has 0 saturated heterocycles. The molecule has 0 spiro atoms. The van der Waals surface area contributed by atoms with E-state index >= 15 is 0 Å². The fourth-order valence-corrected chi connectivity index (χ4v) is 2.37.